The predicted molar refractivity (Wildman–Crippen MR) is 84.0 cm³/mol. The third kappa shape index (κ3) is 7.85. The van der Waals surface area contributed by atoms with E-state index in [-0.39, 0.29) is 19.1 Å². The summed E-state index contributed by atoms with van der Waals surface area (Å²) in [6, 6.07) is 7.36. The number of ether oxygens (including phenoxy) is 2. The average Bonchev–Trinajstić information content (AvgIpc) is 2.57. The van der Waals surface area contributed by atoms with Crippen LogP contribution >= 0.6 is 0 Å². The Morgan fingerprint density at radius 3 is 2.26 bits per heavy atom. The molecule has 0 saturated heterocycles. The number of benzene rings is 1. The molecule has 2 amide bonds. The number of hydrogen-bond donors (Lipinski definition) is 2. The number of hydrogen-bond acceptors (Lipinski definition) is 5. The summed E-state index contributed by atoms with van der Waals surface area (Å²) in [6.45, 7) is 3.43. The number of aryl methyl sites for hydroxylation is 1. The highest BCUT2D eigenvalue weighted by Crippen LogP contribution is 2.12. The maximum Gasteiger partial charge on any atom is 0.344 e. The van der Waals surface area contributed by atoms with Crippen LogP contribution in [-0.4, -0.2) is 44.1 Å². The average molecular weight is 322 g/mol. The molecule has 7 heteroatoms. The standard InChI is InChI=1S/C16H22N2O5/c1-3-12-5-7-13(8-6-12)22-11-16(21)23-10-15(20)18-9-14(19)17-4-2/h5-8H,3-4,9-11H2,1-2H3,(H,17,19)(H,18,20). The van der Waals surface area contributed by atoms with Gasteiger partial charge in [0.2, 0.25) is 5.91 Å². The summed E-state index contributed by atoms with van der Waals surface area (Å²) in [5.74, 6) is -0.944. The molecule has 0 saturated carbocycles. The van der Waals surface area contributed by atoms with Crippen LogP contribution in [0.5, 0.6) is 5.75 Å². The molecule has 0 heterocycles. The summed E-state index contributed by atoms with van der Waals surface area (Å²) >= 11 is 0. The predicted octanol–water partition coefficient (Wildman–Crippen LogP) is 0.423. The molecule has 23 heavy (non-hydrogen) atoms. The van der Waals surface area contributed by atoms with Crippen LogP contribution in [0.4, 0.5) is 0 Å². The summed E-state index contributed by atoms with van der Waals surface area (Å²) in [7, 11) is 0. The Balaban J connectivity index is 2.20. The highest BCUT2D eigenvalue weighted by atomic mass is 16.6. The molecule has 0 aliphatic heterocycles. The number of esters is 1. The van der Waals surface area contributed by atoms with E-state index in [4.69, 9.17) is 9.47 Å². The Hall–Kier alpha value is -2.57. The van der Waals surface area contributed by atoms with Crippen molar-refractivity contribution in [1.29, 1.82) is 0 Å². The Kier molecular flexibility index (Phi) is 8.20. The zero-order chi connectivity index (χ0) is 17.1. The van der Waals surface area contributed by atoms with E-state index < -0.39 is 18.5 Å². The maximum absolute atomic E-state index is 11.5. The molecule has 0 aliphatic carbocycles. The third-order valence-electron chi connectivity index (χ3n) is 2.87. The van der Waals surface area contributed by atoms with Crippen molar-refractivity contribution < 1.29 is 23.9 Å². The smallest absolute Gasteiger partial charge is 0.344 e. The SMILES string of the molecule is CCNC(=O)CNC(=O)COC(=O)COc1ccc(CC)cc1. The lowest BCUT2D eigenvalue weighted by molar-refractivity contribution is -0.150. The van der Waals surface area contributed by atoms with Gasteiger partial charge in [-0.25, -0.2) is 4.79 Å². The summed E-state index contributed by atoms with van der Waals surface area (Å²) in [4.78, 5) is 34.0. The second kappa shape index (κ2) is 10.2. The van der Waals surface area contributed by atoms with Crippen molar-refractivity contribution in [1.82, 2.24) is 10.6 Å². The second-order valence-electron chi connectivity index (χ2n) is 4.68. The summed E-state index contributed by atoms with van der Waals surface area (Å²) in [6.07, 6.45) is 0.924. The molecule has 2 N–H and O–H groups in total. The van der Waals surface area contributed by atoms with E-state index in [1.165, 1.54) is 5.56 Å². The number of nitrogens with one attached hydrogen (secondary N) is 2. The highest BCUT2D eigenvalue weighted by molar-refractivity contribution is 5.86. The lowest BCUT2D eigenvalue weighted by Crippen LogP contribution is -2.38. The first-order valence-electron chi connectivity index (χ1n) is 7.45. The van der Waals surface area contributed by atoms with Gasteiger partial charge in [-0.05, 0) is 31.0 Å². The molecule has 1 rings (SSSR count). The Bertz CT molecular complexity index is 528. The van der Waals surface area contributed by atoms with Crippen molar-refractivity contribution in [3.05, 3.63) is 29.8 Å². The van der Waals surface area contributed by atoms with Gasteiger partial charge in [-0.2, -0.15) is 0 Å². The lowest BCUT2D eigenvalue weighted by Gasteiger charge is -2.08. The van der Waals surface area contributed by atoms with Gasteiger partial charge >= 0.3 is 5.97 Å². The van der Waals surface area contributed by atoms with Gasteiger partial charge in [-0.1, -0.05) is 19.1 Å². The molecule has 0 radical (unpaired) electrons. The van der Waals surface area contributed by atoms with Crippen LogP contribution in [-0.2, 0) is 25.5 Å². The van der Waals surface area contributed by atoms with Crippen LogP contribution < -0.4 is 15.4 Å². The van der Waals surface area contributed by atoms with Gasteiger partial charge in [0.15, 0.2) is 13.2 Å². The van der Waals surface area contributed by atoms with Gasteiger partial charge in [-0.15, -0.1) is 0 Å². The fraction of sp³-hybridized carbons (Fsp3) is 0.438. The first kappa shape index (κ1) is 18.5. The van der Waals surface area contributed by atoms with Gasteiger partial charge in [-0.3, -0.25) is 9.59 Å². The Morgan fingerprint density at radius 2 is 1.65 bits per heavy atom. The van der Waals surface area contributed by atoms with Crippen LogP contribution in [0.3, 0.4) is 0 Å². The van der Waals surface area contributed by atoms with Crippen LogP contribution in [0.1, 0.15) is 19.4 Å². The third-order valence-corrected chi connectivity index (χ3v) is 2.87. The van der Waals surface area contributed by atoms with Crippen molar-refractivity contribution in [3.63, 3.8) is 0 Å². The molecule has 0 atom stereocenters. The molecule has 0 fully saturated rings. The normalized spacial score (nSPS) is 9.83. The van der Waals surface area contributed by atoms with Crippen molar-refractivity contribution in [2.75, 3.05) is 26.3 Å². The van der Waals surface area contributed by atoms with Gasteiger partial charge in [0, 0.05) is 6.54 Å². The summed E-state index contributed by atoms with van der Waals surface area (Å²) in [5.41, 5.74) is 1.17. The minimum absolute atomic E-state index is 0.148. The first-order valence-corrected chi connectivity index (χ1v) is 7.45. The molecule has 7 nitrogen and oxygen atoms in total. The van der Waals surface area contributed by atoms with Crippen LogP contribution in [0.15, 0.2) is 24.3 Å². The minimum Gasteiger partial charge on any atom is -0.482 e. The second-order valence-corrected chi connectivity index (χ2v) is 4.68. The van der Waals surface area contributed by atoms with E-state index in [1.807, 2.05) is 19.1 Å². The molecular weight excluding hydrogens is 300 g/mol. The number of carbonyl (C=O) groups is 3. The van der Waals surface area contributed by atoms with E-state index in [1.54, 1.807) is 19.1 Å². The summed E-state index contributed by atoms with van der Waals surface area (Å²) < 4.78 is 10.0. The van der Waals surface area contributed by atoms with E-state index in [2.05, 4.69) is 10.6 Å². The quantitative estimate of drug-likeness (QED) is 0.643. The van der Waals surface area contributed by atoms with Crippen LogP contribution in [0.25, 0.3) is 0 Å². The number of rotatable bonds is 9. The molecule has 0 unspecified atom stereocenters. The van der Waals surface area contributed by atoms with Gasteiger partial charge in [0.1, 0.15) is 5.75 Å². The maximum atomic E-state index is 11.5. The fourth-order valence-corrected chi connectivity index (χ4v) is 1.64. The summed E-state index contributed by atoms with van der Waals surface area (Å²) in [5, 5.41) is 4.87. The molecular formula is C16H22N2O5. The van der Waals surface area contributed by atoms with Crippen LogP contribution in [0, 0.1) is 0 Å². The Labute approximate surface area is 135 Å². The zero-order valence-electron chi connectivity index (χ0n) is 13.4. The minimum atomic E-state index is -0.655. The fourth-order valence-electron chi connectivity index (χ4n) is 1.64. The van der Waals surface area contributed by atoms with Crippen LogP contribution in [0.2, 0.25) is 0 Å². The largest absolute Gasteiger partial charge is 0.482 e. The van der Waals surface area contributed by atoms with Crippen molar-refractivity contribution in [2.24, 2.45) is 0 Å². The topological polar surface area (TPSA) is 93.7 Å². The van der Waals surface area contributed by atoms with Gasteiger partial charge in [0.05, 0.1) is 6.54 Å². The van der Waals surface area contributed by atoms with E-state index >= 15 is 0 Å². The van der Waals surface area contributed by atoms with Crippen molar-refractivity contribution >= 4 is 17.8 Å². The first-order chi connectivity index (χ1) is 11.0. The number of likely N-dealkylation sites (N-methyl/N-ethyl adjacent to an activating group) is 1. The molecule has 0 bridgehead atoms. The molecule has 0 spiro atoms. The van der Waals surface area contributed by atoms with Crippen molar-refractivity contribution in [2.45, 2.75) is 20.3 Å². The molecule has 1 aromatic rings. The Morgan fingerprint density at radius 1 is 0.957 bits per heavy atom. The molecule has 1 aromatic carbocycles. The monoisotopic (exact) mass is 322 g/mol. The van der Waals surface area contributed by atoms with Gasteiger partial charge in [0.25, 0.3) is 5.91 Å². The number of amides is 2. The highest BCUT2D eigenvalue weighted by Gasteiger charge is 2.09. The zero-order valence-corrected chi connectivity index (χ0v) is 13.4. The van der Waals surface area contributed by atoms with E-state index in [9.17, 15) is 14.4 Å². The van der Waals surface area contributed by atoms with E-state index in [0.29, 0.717) is 12.3 Å². The molecule has 126 valence electrons. The number of carbonyl (C=O) groups excluding carboxylic acids is 3. The lowest BCUT2D eigenvalue weighted by atomic mass is 10.2. The molecule has 0 aliphatic rings. The van der Waals surface area contributed by atoms with Gasteiger partial charge < -0.3 is 20.1 Å². The van der Waals surface area contributed by atoms with Crippen molar-refractivity contribution in [3.8, 4) is 5.75 Å². The molecule has 0 aromatic heterocycles. The van der Waals surface area contributed by atoms with E-state index in [0.717, 1.165) is 6.42 Å².